The second-order valence-corrected chi connectivity index (χ2v) is 9.46. The Morgan fingerprint density at radius 3 is 2.81 bits per heavy atom. The summed E-state index contributed by atoms with van der Waals surface area (Å²) in [6.07, 6.45) is 4.21. The van der Waals surface area contributed by atoms with Gasteiger partial charge in [-0.1, -0.05) is 18.2 Å². The molecule has 0 unspecified atom stereocenters. The minimum Gasteiger partial charge on any atom is -0.339 e. The molecule has 1 saturated heterocycles. The van der Waals surface area contributed by atoms with Crippen LogP contribution in [0.4, 0.5) is 4.39 Å². The number of hydrogen-bond acceptors (Lipinski definition) is 4. The number of carbonyl (C=O) groups is 1. The van der Waals surface area contributed by atoms with Gasteiger partial charge in [0.1, 0.15) is 11.9 Å². The molecule has 2 heterocycles. The third-order valence-electron chi connectivity index (χ3n) is 7.62. The fourth-order valence-corrected chi connectivity index (χ4v) is 5.88. The fourth-order valence-electron chi connectivity index (χ4n) is 5.88. The molecule has 2 bridgehead atoms. The van der Waals surface area contributed by atoms with Crippen LogP contribution in [-0.2, 0) is 18.3 Å². The number of piperidine rings is 1. The maximum Gasteiger partial charge on any atom is 0.238 e. The van der Waals surface area contributed by atoms with Crippen LogP contribution in [0, 0.1) is 34.9 Å². The number of carbonyl (C=O) groups excluding carboxylic acids is 1. The van der Waals surface area contributed by atoms with Gasteiger partial charge in [-0.25, -0.2) is 4.39 Å². The summed E-state index contributed by atoms with van der Waals surface area (Å²) >= 11 is 0. The van der Waals surface area contributed by atoms with E-state index in [0.717, 1.165) is 34.4 Å². The summed E-state index contributed by atoms with van der Waals surface area (Å²) in [5.41, 5.74) is 3.10. The first-order valence-corrected chi connectivity index (χ1v) is 11.2. The van der Waals surface area contributed by atoms with Crippen molar-refractivity contribution >= 4 is 16.8 Å². The number of amides is 1. The second kappa shape index (κ2) is 7.14. The van der Waals surface area contributed by atoms with E-state index in [1.807, 2.05) is 31.3 Å². The highest BCUT2D eigenvalue weighted by Crippen LogP contribution is 2.59. The summed E-state index contributed by atoms with van der Waals surface area (Å²) in [4.78, 5) is 12.8. The average Bonchev–Trinajstić information content (AvgIpc) is 3.20. The average molecular weight is 429 g/mol. The number of nitriles is 1. The molecule has 1 aliphatic heterocycles. The Morgan fingerprint density at radius 2 is 2.06 bits per heavy atom. The Hall–Kier alpha value is -3.24. The van der Waals surface area contributed by atoms with Crippen molar-refractivity contribution in [1.82, 2.24) is 20.4 Å². The molecular formula is C25H24FN5O. The topological polar surface area (TPSA) is 82.7 Å². The van der Waals surface area contributed by atoms with E-state index in [1.165, 1.54) is 12.5 Å². The Kier molecular flexibility index (Phi) is 4.34. The molecule has 3 aromatic rings. The quantitative estimate of drug-likeness (QED) is 0.653. The van der Waals surface area contributed by atoms with Gasteiger partial charge in [-0.05, 0) is 65.5 Å². The van der Waals surface area contributed by atoms with E-state index in [-0.39, 0.29) is 24.2 Å². The fraction of sp³-hybridized carbons (Fsp3) is 0.400. The third-order valence-corrected chi connectivity index (χ3v) is 7.62. The summed E-state index contributed by atoms with van der Waals surface area (Å²) in [5.74, 6) is 1.31. The van der Waals surface area contributed by atoms with Crippen LogP contribution in [0.2, 0.25) is 0 Å². The Bertz CT molecular complexity index is 1280. The first-order valence-electron chi connectivity index (χ1n) is 11.2. The van der Waals surface area contributed by atoms with Crippen LogP contribution in [0.3, 0.4) is 0 Å². The van der Waals surface area contributed by atoms with Gasteiger partial charge in [0.2, 0.25) is 5.91 Å². The van der Waals surface area contributed by atoms with Gasteiger partial charge in [0, 0.05) is 24.9 Å². The minimum absolute atomic E-state index is 0.129. The van der Waals surface area contributed by atoms with Crippen LogP contribution in [0.25, 0.3) is 22.0 Å². The lowest BCUT2D eigenvalue weighted by molar-refractivity contribution is -0.124. The van der Waals surface area contributed by atoms with Crippen LogP contribution in [0.1, 0.15) is 18.4 Å². The monoisotopic (exact) mass is 429 g/mol. The maximum atomic E-state index is 14.9. The summed E-state index contributed by atoms with van der Waals surface area (Å²) in [6.45, 7) is 0. The predicted octanol–water partition coefficient (Wildman–Crippen LogP) is 2.93. The van der Waals surface area contributed by atoms with Crippen molar-refractivity contribution in [3.8, 4) is 17.2 Å². The predicted molar refractivity (Wildman–Crippen MR) is 118 cm³/mol. The van der Waals surface area contributed by atoms with E-state index < -0.39 is 6.04 Å². The van der Waals surface area contributed by atoms with Gasteiger partial charge in [0.25, 0.3) is 0 Å². The van der Waals surface area contributed by atoms with Crippen molar-refractivity contribution < 1.29 is 9.18 Å². The minimum atomic E-state index is -0.759. The van der Waals surface area contributed by atoms with E-state index in [1.54, 1.807) is 16.9 Å². The molecule has 2 saturated carbocycles. The van der Waals surface area contributed by atoms with E-state index >= 15 is 0 Å². The summed E-state index contributed by atoms with van der Waals surface area (Å²) in [5, 5.41) is 21.1. The number of nitrogens with one attached hydrogen (secondary N) is 2. The lowest BCUT2D eigenvalue weighted by Crippen LogP contribution is -2.51. The number of halogens is 1. The van der Waals surface area contributed by atoms with Gasteiger partial charge in [-0.3, -0.25) is 9.48 Å². The standard InChI is InChI=1S/C25H24FN5O/c1-31-23-5-4-13(6-16(23)12-28-31)14-2-3-15(21(26)8-14)7-17(11-27)29-25(32)24-20-10-22(30-24)19-9-18(19)20/h2-6,8,12,17-20,22,24,30H,7,9-10H2,1H3,(H,29,32)/t17-,18+,19-,20+,22-,24-/m0/s1. The molecule has 0 radical (unpaired) electrons. The Balaban J connectivity index is 1.16. The summed E-state index contributed by atoms with van der Waals surface area (Å²) < 4.78 is 16.7. The molecular weight excluding hydrogens is 405 g/mol. The SMILES string of the molecule is Cn1ncc2cc(-c3ccc(C[C@@H](C#N)NC(=O)[C@H]4N[C@H]5C[C@@H]4[C@@H]4C[C@@H]45)c(F)c3)ccc21. The van der Waals surface area contributed by atoms with Gasteiger partial charge in [-0.2, -0.15) is 10.4 Å². The molecule has 2 aromatic carbocycles. The molecule has 6 nitrogen and oxygen atoms in total. The van der Waals surface area contributed by atoms with Gasteiger partial charge in [0.15, 0.2) is 0 Å². The zero-order valence-electron chi connectivity index (χ0n) is 17.8. The Morgan fingerprint density at radius 1 is 1.25 bits per heavy atom. The number of hydrogen-bond donors (Lipinski definition) is 2. The normalized spacial score (nSPS) is 28.3. The van der Waals surface area contributed by atoms with Crippen LogP contribution < -0.4 is 10.6 Å². The highest BCUT2D eigenvalue weighted by Gasteiger charge is 2.62. The van der Waals surface area contributed by atoms with Crippen molar-refractivity contribution in [2.45, 2.75) is 37.4 Å². The highest BCUT2D eigenvalue weighted by molar-refractivity contribution is 5.85. The molecule has 32 heavy (non-hydrogen) atoms. The van der Waals surface area contributed by atoms with Crippen LogP contribution in [-0.4, -0.2) is 33.8 Å². The zero-order valence-corrected chi connectivity index (χ0v) is 17.8. The van der Waals surface area contributed by atoms with Crippen molar-refractivity contribution in [1.29, 1.82) is 5.26 Å². The maximum absolute atomic E-state index is 14.9. The molecule has 6 atom stereocenters. The third kappa shape index (κ3) is 3.09. The van der Waals surface area contributed by atoms with Crippen molar-refractivity contribution in [2.75, 3.05) is 0 Å². The molecule has 3 fully saturated rings. The van der Waals surface area contributed by atoms with Gasteiger partial charge < -0.3 is 10.6 Å². The van der Waals surface area contributed by atoms with Crippen molar-refractivity contribution in [3.63, 3.8) is 0 Å². The number of aromatic nitrogens is 2. The molecule has 3 aliphatic rings. The molecule has 0 spiro atoms. The first-order chi connectivity index (χ1) is 15.5. The first kappa shape index (κ1) is 19.4. The van der Waals surface area contributed by atoms with E-state index in [2.05, 4.69) is 21.8 Å². The molecule has 2 aliphatic carbocycles. The largest absolute Gasteiger partial charge is 0.339 e. The van der Waals surface area contributed by atoms with E-state index in [0.29, 0.717) is 23.4 Å². The highest BCUT2D eigenvalue weighted by atomic mass is 19.1. The van der Waals surface area contributed by atoms with Gasteiger partial charge in [-0.15, -0.1) is 0 Å². The molecule has 1 aromatic heterocycles. The van der Waals surface area contributed by atoms with Crippen LogP contribution in [0.5, 0.6) is 0 Å². The van der Waals surface area contributed by atoms with Crippen molar-refractivity contribution in [2.24, 2.45) is 24.8 Å². The van der Waals surface area contributed by atoms with E-state index in [4.69, 9.17) is 0 Å². The van der Waals surface area contributed by atoms with Crippen LogP contribution >= 0.6 is 0 Å². The van der Waals surface area contributed by atoms with Gasteiger partial charge >= 0.3 is 0 Å². The summed E-state index contributed by atoms with van der Waals surface area (Å²) in [6, 6.07) is 12.6. The van der Waals surface area contributed by atoms with E-state index in [9.17, 15) is 14.4 Å². The molecule has 2 N–H and O–H groups in total. The number of nitrogens with zero attached hydrogens (tertiary/aromatic N) is 3. The number of aryl methyl sites for hydroxylation is 1. The summed E-state index contributed by atoms with van der Waals surface area (Å²) in [7, 11) is 1.89. The molecule has 7 heteroatoms. The van der Waals surface area contributed by atoms with Crippen LogP contribution in [0.15, 0.2) is 42.6 Å². The number of fused-ring (bicyclic) bond motifs is 6. The Labute approximate surface area is 185 Å². The lowest BCUT2D eigenvalue weighted by atomic mass is 9.96. The molecule has 1 amide bonds. The number of rotatable bonds is 5. The molecule has 6 rings (SSSR count). The van der Waals surface area contributed by atoms with Crippen molar-refractivity contribution in [3.05, 3.63) is 54.0 Å². The second-order valence-electron chi connectivity index (χ2n) is 9.46. The molecule has 162 valence electrons. The number of benzene rings is 2. The van der Waals surface area contributed by atoms with Gasteiger partial charge in [0.05, 0.1) is 23.8 Å². The zero-order chi connectivity index (χ0) is 22.0. The smallest absolute Gasteiger partial charge is 0.238 e. The lowest BCUT2D eigenvalue weighted by Gasteiger charge is -2.23.